The van der Waals surface area contributed by atoms with Crippen molar-refractivity contribution in [3.63, 3.8) is 0 Å². The number of pyridine rings is 1. The lowest BCUT2D eigenvalue weighted by molar-refractivity contribution is 0.221. The lowest BCUT2D eigenvalue weighted by Gasteiger charge is -2.14. The van der Waals surface area contributed by atoms with E-state index in [1.54, 1.807) is 29.8 Å². The molecule has 0 bridgehead atoms. The third kappa shape index (κ3) is 3.21. The highest BCUT2D eigenvalue weighted by Gasteiger charge is 2.20. The molecule has 0 atom stereocenters. The van der Waals surface area contributed by atoms with Crippen molar-refractivity contribution in [2.75, 3.05) is 0 Å². The summed E-state index contributed by atoms with van der Waals surface area (Å²) in [5.41, 5.74) is 5.42. The Morgan fingerprint density at radius 2 is 2.18 bits per heavy atom. The maximum atomic E-state index is 14.1. The monoisotopic (exact) mass is 304 g/mol. The number of halogens is 2. The molecule has 116 valence electrons. The first-order chi connectivity index (χ1) is 10.2. The number of hydrogen-bond donors (Lipinski definition) is 1. The van der Waals surface area contributed by atoms with Crippen LogP contribution in [0, 0.1) is 0 Å². The fourth-order valence-electron chi connectivity index (χ4n) is 1.91. The first-order valence-electron chi connectivity index (χ1n) is 6.72. The molecule has 2 aromatic rings. The quantitative estimate of drug-likeness (QED) is 0.533. The van der Waals surface area contributed by atoms with Crippen molar-refractivity contribution in [2.45, 2.75) is 26.4 Å². The highest BCUT2D eigenvalue weighted by molar-refractivity contribution is 5.93. The summed E-state index contributed by atoms with van der Waals surface area (Å²) >= 11 is 0. The number of aromatic nitrogens is 2. The smallest absolute Gasteiger partial charge is 0.163 e. The SMILES string of the molecule is C=C(N)/C(F)=C\N=C(C)n1ccc2ncc(C(C)(C)F)cc21. The summed E-state index contributed by atoms with van der Waals surface area (Å²) in [6, 6.07) is 3.49. The van der Waals surface area contributed by atoms with Gasteiger partial charge in [0.25, 0.3) is 0 Å². The number of nitrogens with zero attached hydrogens (tertiary/aromatic N) is 3. The molecule has 6 heteroatoms. The average Bonchev–Trinajstić information content (AvgIpc) is 2.86. The van der Waals surface area contributed by atoms with Crippen LogP contribution >= 0.6 is 0 Å². The molecule has 2 aromatic heterocycles. The number of rotatable bonds is 3. The molecule has 2 rings (SSSR count). The molecule has 2 heterocycles. The van der Waals surface area contributed by atoms with E-state index in [4.69, 9.17) is 5.73 Å². The van der Waals surface area contributed by atoms with Crippen LogP contribution in [-0.4, -0.2) is 15.4 Å². The van der Waals surface area contributed by atoms with Crippen LogP contribution in [0.5, 0.6) is 0 Å². The van der Waals surface area contributed by atoms with Crippen LogP contribution in [-0.2, 0) is 5.67 Å². The zero-order valence-corrected chi connectivity index (χ0v) is 12.8. The van der Waals surface area contributed by atoms with E-state index in [0.29, 0.717) is 22.4 Å². The molecule has 0 aliphatic rings. The lowest BCUT2D eigenvalue weighted by Crippen LogP contribution is -2.11. The molecule has 0 spiro atoms. The number of allylic oxidation sites excluding steroid dienone is 1. The van der Waals surface area contributed by atoms with Gasteiger partial charge in [-0.2, -0.15) is 0 Å². The van der Waals surface area contributed by atoms with Gasteiger partial charge in [-0.25, -0.2) is 13.8 Å². The second-order valence-electron chi connectivity index (χ2n) is 5.47. The number of aliphatic imine (C=N–C) groups is 1. The van der Waals surface area contributed by atoms with Crippen LogP contribution in [0.25, 0.3) is 11.0 Å². The Hall–Kier alpha value is -2.50. The highest BCUT2D eigenvalue weighted by Crippen LogP contribution is 2.26. The molecule has 0 amide bonds. The van der Waals surface area contributed by atoms with Gasteiger partial charge in [-0.05, 0) is 32.9 Å². The Morgan fingerprint density at radius 1 is 1.50 bits per heavy atom. The van der Waals surface area contributed by atoms with Gasteiger partial charge in [0.2, 0.25) is 0 Å². The molecule has 0 saturated heterocycles. The largest absolute Gasteiger partial charge is 0.397 e. The van der Waals surface area contributed by atoms with Gasteiger partial charge in [-0.15, -0.1) is 0 Å². The van der Waals surface area contributed by atoms with Gasteiger partial charge >= 0.3 is 0 Å². The standard InChI is InChI=1S/C16H18F2N4/c1-10(19)13(17)9-20-11(2)22-6-5-14-15(22)7-12(8-21-14)16(3,4)18/h5-9H,1,19H2,2-4H3/b13-9+,20-11?. The first kappa shape index (κ1) is 15.9. The van der Waals surface area contributed by atoms with Gasteiger partial charge in [0.05, 0.1) is 22.9 Å². The second-order valence-corrected chi connectivity index (χ2v) is 5.47. The van der Waals surface area contributed by atoms with Crippen molar-refractivity contribution in [2.24, 2.45) is 10.7 Å². The summed E-state index contributed by atoms with van der Waals surface area (Å²) in [7, 11) is 0. The minimum absolute atomic E-state index is 0.183. The summed E-state index contributed by atoms with van der Waals surface area (Å²) in [4.78, 5) is 8.24. The van der Waals surface area contributed by atoms with Crippen molar-refractivity contribution in [1.82, 2.24) is 9.55 Å². The second kappa shape index (κ2) is 5.71. The van der Waals surface area contributed by atoms with Gasteiger partial charge in [-0.3, -0.25) is 4.98 Å². The molecule has 22 heavy (non-hydrogen) atoms. The fourth-order valence-corrected chi connectivity index (χ4v) is 1.91. The average molecular weight is 304 g/mol. The number of nitrogens with two attached hydrogens (primary N) is 1. The van der Waals surface area contributed by atoms with Crippen molar-refractivity contribution >= 4 is 16.9 Å². The predicted molar refractivity (Wildman–Crippen MR) is 84.9 cm³/mol. The minimum atomic E-state index is -1.50. The van der Waals surface area contributed by atoms with E-state index in [-0.39, 0.29) is 5.70 Å². The Kier molecular flexibility index (Phi) is 4.12. The zero-order chi connectivity index (χ0) is 16.5. The first-order valence-corrected chi connectivity index (χ1v) is 6.72. The van der Waals surface area contributed by atoms with E-state index in [2.05, 4.69) is 16.6 Å². The molecule has 0 fully saturated rings. The lowest BCUT2D eigenvalue weighted by atomic mass is 10.0. The highest BCUT2D eigenvalue weighted by atomic mass is 19.1. The van der Waals surface area contributed by atoms with E-state index in [1.807, 2.05) is 0 Å². The Bertz CT molecular complexity index is 779. The van der Waals surface area contributed by atoms with Crippen LogP contribution in [0.1, 0.15) is 26.3 Å². The van der Waals surface area contributed by atoms with Gasteiger partial charge in [0.15, 0.2) is 5.83 Å². The van der Waals surface area contributed by atoms with Crippen LogP contribution in [0.4, 0.5) is 8.78 Å². The molecule has 0 saturated carbocycles. The molecular formula is C16H18F2N4. The van der Waals surface area contributed by atoms with Crippen molar-refractivity contribution < 1.29 is 8.78 Å². The third-order valence-corrected chi connectivity index (χ3v) is 3.24. The van der Waals surface area contributed by atoms with Crippen LogP contribution in [0.3, 0.4) is 0 Å². The Morgan fingerprint density at radius 3 is 2.77 bits per heavy atom. The molecule has 0 radical (unpaired) electrons. The molecule has 2 N–H and O–H groups in total. The number of alkyl halides is 1. The number of fused-ring (bicyclic) bond motifs is 1. The molecule has 0 aliphatic carbocycles. The summed E-state index contributed by atoms with van der Waals surface area (Å²) < 4.78 is 29.1. The zero-order valence-electron chi connectivity index (χ0n) is 12.8. The topological polar surface area (TPSA) is 56.2 Å². The predicted octanol–water partition coefficient (Wildman–Crippen LogP) is 3.79. The summed E-state index contributed by atoms with van der Waals surface area (Å²) in [6.45, 7) is 7.93. The molecule has 0 unspecified atom stereocenters. The third-order valence-electron chi connectivity index (χ3n) is 3.24. The Balaban J connectivity index is 2.50. The maximum Gasteiger partial charge on any atom is 0.163 e. The Labute approximate surface area is 127 Å². The van der Waals surface area contributed by atoms with Crippen LogP contribution in [0.15, 0.2) is 53.8 Å². The molecule has 0 aromatic carbocycles. The van der Waals surface area contributed by atoms with Crippen molar-refractivity contribution in [1.29, 1.82) is 0 Å². The van der Waals surface area contributed by atoms with Gasteiger partial charge < -0.3 is 10.3 Å². The molecular weight excluding hydrogens is 286 g/mol. The van der Waals surface area contributed by atoms with E-state index in [9.17, 15) is 8.78 Å². The summed E-state index contributed by atoms with van der Waals surface area (Å²) in [5, 5.41) is 0. The van der Waals surface area contributed by atoms with E-state index < -0.39 is 11.5 Å². The van der Waals surface area contributed by atoms with E-state index in [1.165, 1.54) is 20.0 Å². The van der Waals surface area contributed by atoms with Crippen LogP contribution < -0.4 is 5.73 Å². The van der Waals surface area contributed by atoms with Crippen molar-refractivity contribution in [3.8, 4) is 0 Å². The van der Waals surface area contributed by atoms with E-state index >= 15 is 0 Å². The van der Waals surface area contributed by atoms with Crippen molar-refractivity contribution in [3.05, 3.63) is 54.4 Å². The van der Waals surface area contributed by atoms with Gasteiger partial charge in [0.1, 0.15) is 11.5 Å². The summed E-state index contributed by atoms with van der Waals surface area (Å²) in [5.74, 6) is -0.193. The summed E-state index contributed by atoms with van der Waals surface area (Å²) in [6.07, 6.45) is 4.26. The minimum Gasteiger partial charge on any atom is -0.397 e. The van der Waals surface area contributed by atoms with Crippen LogP contribution in [0.2, 0.25) is 0 Å². The molecule has 0 aliphatic heterocycles. The van der Waals surface area contributed by atoms with Gasteiger partial charge in [-0.1, -0.05) is 6.58 Å². The normalized spacial score (nSPS) is 13.7. The van der Waals surface area contributed by atoms with Gasteiger partial charge in [0, 0.05) is 18.0 Å². The van der Waals surface area contributed by atoms with E-state index in [0.717, 1.165) is 6.20 Å². The maximum absolute atomic E-state index is 14.1. The number of hydrogen-bond acceptors (Lipinski definition) is 3. The molecule has 4 nitrogen and oxygen atoms in total. The fraction of sp³-hybridized carbons (Fsp3) is 0.250.